The van der Waals surface area contributed by atoms with Crippen molar-refractivity contribution in [3.05, 3.63) is 29.3 Å². The number of hydrogen-bond acceptors (Lipinski definition) is 9. The fourth-order valence-corrected chi connectivity index (χ4v) is 3.41. The van der Waals surface area contributed by atoms with Crippen molar-refractivity contribution in [1.82, 2.24) is 10.2 Å². The van der Waals surface area contributed by atoms with Crippen molar-refractivity contribution in [1.29, 1.82) is 0 Å². The first-order chi connectivity index (χ1) is 17.0. The van der Waals surface area contributed by atoms with Gasteiger partial charge in [0.25, 0.3) is 0 Å². The smallest absolute Gasteiger partial charge is 0.226 e. The van der Waals surface area contributed by atoms with Crippen LogP contribution in [0.25, 0.3) is 0 Å². The van der Waals surface area contributed by atoms with Gasteiger partial charge in [0.05, 0.1) is 58.1 Å². The molecule has 10 heteroatoms. The summed E-state index contributed by atoms with van der Waals surface area (Å²) in [4.78, 5) is 37.4. The summed E-state index contributed by atoms with van der Waals surface area (Å²) in [6, 6.07) is 5.01. The van der Waals surface area contributed by atoms with Crippen LogP contribution in [0.1, 0.15) is 42.1 Å². The molecule has 0 fully saturated rings. The number of benzene rings is 1. The number of amides is 1. The van der Waals surface area contributed by atoms with Crippen LogP contribution in [0.3, 0.4) is 0 Å². The number of likely N-dealkylation sites (N-methyl/N-ethyl adjacent to an activating group) is 2. The van der Waals surface area contributed by atoms with E-state index in [1.165, 1.54) is 0 Å². The van der Waals surface area contributed by atoms with Crippen LogP contribution in [-0.2, 0) is 30.3 Å². The highest BCUT2D eigenvalue weighted by molar-refractivity contribution is 5.93. The van der Waals surface area contributed by atoms with E-state index >= 15 is 0 Å². The Morgan fingerprint density at radius 3 is 2.46 bits per heavy atom. The minimum atomic E-state index is -0.249. The molecule has 2 unspecified atom stereocenters. The molecule has 0 bridgehead atoms. The lowest BCUT2D eigenvalue weighted by molar-refractivity contribution is -0.117. The van der Waals surface area contributed by atoms with Gasteiger partial charge in [-0.05, 0) is 26.6 Å². The highest BCUT2D eigenvalue weighted by Gasteiger charge is 2.18. The molecule has 0 heterocycles. The second kappa shape index (κ2) is 19.0. The standard InChI is InChI=1S/C25H42N4O6/c1-4-6-22(17-31)29(3)15-23-20(16-30)7-5-8-24(23)28-25(32)9-11-33-13-14-35-19-21(27-2)18-34-12-10-26/h5,7-8,16-17,21-22,27H,4,6,9-15,18-19,26H2,1-3H3,(H,28,32). The lowest BCUT2D eigenvalue weighted by atomic mass is 10.0. The van der Waals surface area contributed by atoms with E-state index in [0.29, 0.717) is 62.9 Å². The van der Waals surface area contributed by atoms with Gasteiger partial charge in [-0.25, -0.2) is 0 Å². The molecule has 0 saturated carbocycles. The fraction of sp³-hybridized carbons (Fsp3) is 0.640. The molecule has 1 aromatic carbocycles. The maximum Gasteiger partial charge on any atom is 0.226 e. The summed E-state index contributed by atoms with van der Waals surface area (Å²) < 4.78 is 16.5. The van der Waals surface area contributed by atoms with Gasteiger partial charge >= 0.3 is 0 Å². The van der Waals surface area contributed by atoms with Crippen molar-refractivity contribution in [3.8, 4) is 0 Å². The highest BCUT2D eigenvalue weighted by Crippen LogP contribution is 2.22. The molecule has 0 radical (unpaired) electrons. The Labute approximate surface area is 208 Å². The van der Waals surface area contributed by atoms with Crippen LogP contribution in [0.5, 0.6) is 0 Å². The van der Waals surface area contributed by atoms with E-state index in [2.05, 4.69) is 10.6 Å². The summed E-state index contributed by atoms with van der Waals surface area (Å²) in [5, 5.41) is 5.99. The summed E-state index contributed by atoms with van der Waals surface area (Å²) in [5.74, 6) is -0.217. The Balaban J connectivity index is 2.46. The minimum Gasteiger partial charge on any atom is -0.379 e. The molecule has 0 aliphatic carbocycles. The first kappa shape index (κ1) is 30.8. The van der Waals surface area contributed by atoms with E-state index in [4.69, 9.17) is 19.9 Å². The molecular formula is C25H42N4O6. The third-order valence-corrected chi connectivity index (χ3v) is 5.48. The minimum absolute atomic E-state index is 0.0754. The number of nitrogens with one attached hydrogen (secondary N) is 2. The molecule has 0 saturated heterocycles. The van der Waals surface area contributed by atoms with Gasteiger partial charge in [0.2, 0.25) is 5.91 Å². The van der Waals surface area contributed by atoms with Crippen LogP contribution in [0.4, 0.5) is 5.69 Å². The molecule has 10 nitrogen and oxygen atoms in total. The third-order valence-electron chi connectivity index (χ3n) is 5.48. The second-order valence-electron chi connectivity index (χ2n) is 8.23. The average molecular weight is 495 g/mol. The van der Waals surface area contributed by atoms with Gasteiger partial charge < -0.3 is 35.4 Å². The van der Waals surface area contributed by atoms with Crippen LogP contribution in [-0.4, -0.2) is 95.7 Å². The predicted octanol–water partition coefficient (Wildman–Crippen LogP) is 1.22. The van der Waals surface area contributed by atoms with E-state index < -0.39 is 0 Å². The molecule has 2 atom stereocenters. The maximum absolute atomic E-state index is 12.5. The van der Waals surface area contributed by atoms with Crippen molar-refractivity contribution >= 4 is 24.2 Å². The van der Waals surface area contributed by atoms with Gasteiger partial charge in [-0.2, -0.15) is 0 Å². The molecule has 198 valence electrons. The lowest BCUT2D eigenvalue weighted by Gasteiger charge is -2.25. The van der Waals surface area contributed by atoms with Crippen LogP contribution in [0.2, 0.25) is 0 Å². The predicted molar refractivity (Wildman–Crippen MR) is 136 cm³/mol. The number of ether oxygens (including phenoxy) is 3. The Morgan fingerprint density at radius 2 is 1.83 bits per heavy atom. The van der Waals surface area contributed by atoms with E-state index in [0.717, 1.165) is 25.4 Å². The van der Waals surface area contributed by atoms with Crippen LogP contribution in [0.15, 0.2) is 18.2 Å². The summed E-state index contributed by atoms with van der Waals surface area (Å²) in [6.45, 7) is 5.41. The number of aldehydes is 2. The first-order valence-corrected chi connectivity index (χ1v) is 12.1. The second-order valence-corrected chi connectivity index (χ2v) is 8.23. The first-order valence-electron chi connectivity index (χ1n) is 12.1. The monoisotopic (exact) mass is 494 g/mol. The highest BCUT2D eigenvalue weighted by atomic mass is 16.5. The van der Waals surface area contributed by atoms with E-state index in [9.17, 15) is 14.4 Å². The molecule has 35 heavy (non-hydrogen) atoms. The van der Waals surface area contributed by atoms with E-state index in [1.54, 1.807) is 18.2 Å². The Bertz CT molecular complexity index is 749. The number of carbonyl (C=O) groups excluding carboxylic acids is 3. The SMILES string of the molecule is CCCC(C=O)N(C)Cc1c(C=O)cccc1NC(=O)CCOCCOCC(COCCN)NC. The number of carbonyl (C=O) groups is 3. The van der Waals surface area contributed by atoms with Crippen molar-refractivity contribution in [2.24, 2.45) is 5.73 Å². The van der Waals surface area contributed by atoms with E-state index in [1.807, 2.05) is 25.9 Å². The molecule has 0 aliphatic heterocycles. The fourth-order valence-electron chi connectivity index (χ4n) is 3.41. The molecule has 0 aromatic heterocycles. The molecular weight excluding hydrogens is 452 g/mol. The van der Waals surface area contributed by atoms with Crippen LogP contribution >= 0.6 is 0 Å². The largest absolute Gasteiger partial charge is 0.379 e. The molecule has 1 rings (SSSR count). The summed E-state index contributed by atoms with van der Waals surface area (Å²) in [6.07, 6.45) is 3.45. The van der Waals surface area contributed by atoms with Gasteiger partial charge in [-0.3, -0.25) is 14.5 Å². The summed E-state index contributed by atoms with van der Waals surface area (Å²) in [7, 11) is 3.68. The van der Waals surface area contributed by atoms with Gasteiger partial charge in [0.15, 0.2) is 0 Å². The molecule has 1 amide bonds. The van der Waals surface area contributed by atoms with Crippen molar-refractivity contribution < 1.29 is 28.6 Å². The van der Waals surface area contributed by atoms with E-state index in [-0.39, 0.29) is 31.0 Å². The van der Waals surface area contributed by atoms with Gasteiger partial charge in [-0.1, -0.05) is 25.5 Å². The van der Waals surface area contributed by atoms with Crippen LogP contribution < -0.4 is 16.4 Å². The average Bonchev–Trinajstić information content (AvgIpc) is 2.86. The Hall–Kier alpha value is -2.21. The number of rotatable bonds is 21. The molecule has 0 aliphatic rings. The van der Waals surface area contributed by atoms with Gasteiger partial charge in [0, 0.05) is 29.9 Å². The molecule has 1 aromatic rings. The number of nitrogens with zero attached hydrogens (tertiary/aromatic N) is 1. The topological polar surface area (TPSA) is 132 Å². The Morgan fingerprint density at radius 1 is 1.11 bits per heavy atom. The summed E-state index contributed by atoms with van der Waals surface area (Å²) in [5.41, 5.74) is 7.14. The number of nitrogens with two attached hydrogens (primary N) is 1. The van der Waals surface area contributed by atoms with Crippen molar-refractivity contribution in [2.75, 3.05) is 65.6 Å². The maximum atomic E-state index is 12.5. The quantitative estimate of drug-likeness (QED) is 0.170. The van der Waals surface area contributed by atoms with Crippen LogP contribution in [0, 0.1) is 0 Å². The third kappa shape index (κ3) is 12.4. The normalized spacial score (nSPS) is 12.9. The Kier molecular flexibility index (Phi) is 16.8. The van der Waals surface area contributed by atoms with Crippen molar-refractivity contribution in [3.63, 3.8) is 0 Å². The number of hydrogen-bond donors (Lipinski definition) is 3. The summed E-state index contributed by atoms with van der Waals surface area (Å²) >= 11 is 0. The zero-order chi connectivity index (χ0) is 25.9. The lowest BCUT2D eigenvalue weighted by Crippen LogP contribution is -2.36. The zero-order valence-corrected chi connectivity index (χ0v) is 21.3. The van der Waals surface area contributed by atoms with Gasteiger partial charge in [-0.15, -0.1) is 0 Å². The number of anilines is 1. The van der Waals surface area contributed by atoms with Crippen molar-refractivity contribution in [2.45, 2.75) is 44.8 Å². The molecule has 4 N–H and O–H groups in total. The molecule has 0 spiro atoms. The van der Waals surface area contributed by atoms with Gasteiger partial charge in [0.1, 0.15) is 12.6 Å². The zero-order valence-electron chi connectivity index (χ0n) is 21.3.